The highest BCUT2D eigenvalue weighted by Gasteiger charge is 2.59. The third-order valence-corrected chi connectivity index (χ3v) is 16.6. The van der Waals surface area contributed by atoms with Crippen LogP contribution in [0, 0.1) is 0 Å². The molecule has 0 radical (unpaired) electrons. The van der Waals surface area contributed by atoms with Crippen LogP contribution in [0.25, 0.3) is 10.1 Å². The van der Waals surface area contributed by atoms with E-state index in [9.17, 15) is 0 Å². The highest BCUT2D eigenvalue weighted by Crippen LogP contribution is 2.65. The maximum Gasteiger partial charge on any atom is 0.163 e. The van der Waals surface area contributed by atoms with E-state index < -0.39 is 19.5 Å². The first-order chi connectivity index (χ1) is 15.5. The Labute approximate surface area is 204 Å². The summed E-state index contributed by atoms with van der Waals surface area (Å²) in [4.78, 5) is 0. The van der Waals surface area contributed by atoms with Crippen molar-refractivity contribution in [3.63, 3.8) is 0 Å². The molecule has 1 aromatic heterocycles. The van der Waals surface area contributed by atoms with E-state index in [4.69, 9.17) is 18.9 Å². The molecule has 180 valence electrons. The number of ether oxygens (including phenoxy) is 4. The molecule has 33 heavy (non-hydrogen) atoms. The van der Waals surface area contributed by atoms with E-state index in [0.717, 1.165) is 0 Å². The zero-order chi connectivity index (χ0) is 23.4. The summed E-state index contributed by atoms with van der Waals surface area (Å²) in [6.45, 7) is 17.9. The highest BCUT2D eigenvalue weighted by molar-refractivity contribution is 7.79. The molecule has 4 aliphatic rings. The molecule has 8 atom stereocenters. The lowest BCUT2D eigenvalue weighted by molar-refractivity contribution is -0.147. The van der Waals surface area contributed by atoms with Crippen molar-refractivity contribution in [2.75, 3.05) is 0 Å². The van der Waals surface area contributed by atoms with E-state index in [1.165, 1.54) is 10.1 Å². The summed E-state index contributed by atoms with van der Waals surface area (Å²) in [5, 5.41) is 3.09. The van der Waals surface area contributed by atoms with Crippen LogP contribution in [-0.4, -0.2) is 58.6 Å². The second-order valence-electron chi connectivity index (χ2n) is 11.2. The fourth-order valence-corrected chi connectivity index (χ4v) is 16.8. The van der Waals surface area contributed by atoms with E-state index in [0.29, 0.717) is 22.6 Å². The summed E-state index contributed by atoms with van der Waals surface area (Å²) >= 11 is 2.04. The van der Waals surface area contributed by atoms with Gasteiger partial charge in [-0.15, -0.1) is 11.3 Å². The third kappa shape index (κ3) is 3.45. The van der Waals surface area contributed by atoms with Crippen molar-refractivity contribution in [1.82, 2.24) is 0 Å². The molecule has 0 spiro atoms. The van der Waals surface area contributed by atoms with Crippen LogP contribution < -0.4 is 9.92 Å². The van der Waals surface area contributed by atoms with Crippen LogP contribution in [0.3, 0.4) is 0 Å². The Hall–Kier alpha value is -0.120. The van der Waals surface area contributed by atoms with Gasteiger partial charge in [-0.3, -0.25) is 0 Å². The molecular formula is C26H36O4P2S. The van der Waals surface area contributed by atoms with Crippen LogP contribution in [0.1, 0.15) is 55.4 Å². The zero-order valence-corrected chi connectivity index (χ0v) is 23.5. The van der Waals surface area contributed by atoms with Crippen molar-refractivity contribution in [3.8, 4) is 0 Å². The van der Waals surface area contributed by atoms with Gasteiger partial charge < -0.3 is 18.9 Å². The van der Waals surface area contributed by atoms with E-state index in [2.05, 4.69) is 79.7 Å². The van der Waals surface area contributed by atoms with E-state index in [1.807, 2.05) is 11.3 Å². The first kappa shape index (κ1) is 23.3. The summed E-state index contributed by atoms with van der Waals surface area (Å²) in [5.41, 5.74) is 1.94. The number of benzene rings is 1. The van der Waals surface area contributed by atoms with Crippen molar-refractivity contribution in [2.45, 2.75) is 114 Å². The smallest absolute Gasteiger partial charge is 0.163 e. The van der Waals surface area contributed by atoms with Gasteiger partial charge in [-0.2, -0.15) is 0 Å². The highest BCUT2D eigenvalue weighted by atomic mass is 32.1. The van der Waals surface area contributed by atoms with Crippen molar-refractivity contribution in [3.05, 3.63) is 24.3 Å². The molecule has 4 nitrogen and oxygen atoms in total. The van der Waals surface area contributed by atoms with Crippen LogP contribution in [0.4, 0.5) is 0 Å². The lowest BCUT2D eigenvalue weighted by Gasteiger charge is -2.32. The predicted molar refractivity (Wildman–Crippen MR) is 140 cm³/mol. The lowest BCUT2D eigenvalue weighted by atomic mass is 10.1. The fourth-order valence-electron chi connectivity index (χ4n) is 6.72. The Morgan fingerprint density at radius 1 is 0.667 bits per heavy atom. The van der Waals surface area contributed by atoms with Crippen LogP contribution in [0.2, 0.25) is 0 Å². The Balaban J connectivity index is 1.45. The number of hydrogen-bond donors (Lipinski definition) is 0. The Kier molecular flexibility index (Phi) is 5.43. The molecule has 5 heterocycles. The molecule has 0 N–H and O–H groups in total. The van der Waals surface area contributed by atoms with Gasteiger partial charge in [0.05, 0.1) is 24.4 Å². The van der Waals surface area contributed by atoms with Gasteiger partial charge in [0.25, 0.3) is 0 Å². The van der Waals surface area contributed by atoms with Crippen molar-refractivity contribution in [1.29, 1.82) is 0 Å². The lowest BCUT2D eigenvalue weighted by Crippen LogP contribution is -2.32. The first-order valence-electron chi connectivity index (χ1n) is 12.3. The molecule has 0 unspecified atom stereocenters. The summed E-state index contributed by atoms with van der Waals surface area (Å²) < 4.78 is 28.8. The van der Waals surface area contributed by atoms with E-state index >= 15 is 0 Å². The molecule has 7 heteroatoms. The predicted octanol–water partition coefficient (Wildman–Crippen LogP) is 5.74. The number of rotatable bonds is 2. The molecule has 0 saturated carbocycles. The number of fused-ring (bicyclic) bond motifs is 3. The summed E-state index contributed by atoms with van der Waals surface area (Å²) in [7, 11) is -0.804. The number of thiophene rings is 1. The van der Waals surface area contributed by atoms with Gasteiger partial charge in [0.2, 0.25) is 0 Å². The van der Waals surface area contributed by atoms with Crippen molar-refractivity contribution < 1.29 is 18.9 Å². The van der Waals surface area contributed by atoms with Gasteiger partial charge in [0.15, 0.2) is 11.6 Å². The Morgan fingerprint density at radius 3 is 1.58 bits per heavy atom. The molecule has 4 saturated heterocycles. The quantitative estimate of drug-likeness (QED) is 0.487. The maximum atomic E-state index is 6.45. The van der Waals surface area contributed by atoms with Crippen molar-refractivity contribution in [2.24, 2.45) is 0 Å². The molecule has 2 aromatic rings. The second-order valence-corrected chi connectivity index (χ2v) is 18.3. The monoisotopic (exact) mass is 506 g/mol. The van der Waals surface area contributed by atoms with Gasteiger partial charge >= 0.3 is 0 Å². The van der Waals surface area contributed by atoms with Gasteiger partial charge in [-0.05, 0) is 33.8 Å². The molecule has 6 rings (SSSR count). The van der Waals surface area contributed by atoms with Crippen LogP contribution >= 0.6 is 27.2 Å². The fraction of sp³-hybridized carbons (Fsp3) is 0.692. The standard InChI is InChI=1S/C26H36O4P2S/c1-13-19-20(28-25(5,6)27-19)14(2)31(13)23-17-11-9-10-12-18(17)33-24(23)32-15(3)21-22(16(32)4)30-26(7,8)29-21/h9-16,19-22H,1-8H3/t13-,14-,15-,16-,19+,20+,21+,22+/m0/s1. The van der Waals surface area contributed by atoms with Crippen molar-refractivity contribution >= 4 is 47.2 Å². The Morgan fingerprint density at radius 2 is 1.09 bits per heavy atom. The summed E-state index contributed by atoms with van der Waals surface area (Å²) in [6.07, 6.45) is 0.755. The summed E-state index contributed by atoms with van der Waals surface area (Å²) in [5.74, 6) is -0.948. The van der Waals surface area contributed by atoms with Gasteiger partial charge in [0, 0.05) is 42.6 Å². The average Bonchev–Trinajstić information content (AvgIpc) is 3.46. The molecule has 0 amide bonds. The minimum Gasteiger partial charge on any atom is -0.344 e. The average molecular weight is 507 g/mol. The molecule has 1 aromatic carbocycles. The van der Waals surface area contributed by atoms with Gasteiger partial charge in [-0.1, -0.05) is 61.7 Å². The number of hydrogen-bond acceptors (Lipinski definition) is 5. The normalized spacial score (nSPS) is 45.6. The molecular weight excluding hydrogens is 470 g/mol. The first-order valence-corrected chi connectivity index (χ1v) is 16.1. The Bertz CT molecular complexity index is 1040. The topological polar surface area (TPSA) is 36.9 Å². The molecule has 4 fully saturated rings. The maximum absolute atomic E-state index is 6.45. The zero-order valence-electron chi connectivity index (χ0n) is 20.9. The molecule has 4 aliphatic heterocycles. The van der Waals surface area contributed by atoms with E-state index in [-0.39, 0.29) is 32.3 Å². The van der Waals surface area contributed by atoms with Crippen LogP contribution in [0.5, 0.6) is 0 Å². The minimum atomic E-state index is -0.476. The minimum absolute atomic E-state index is 0.186. The van der Waals surface area contributed by atoms with E-state index in [1.54, 1.807) is 9.92 Å². The second kappa shape index (κ2) is 7.69. The van der Waals surface area contributed by atoms with Gasteiger partial charge in [0.1, 0.15) is 0 Å². The van der Waals surface area contributed by atoms with Crippen LogP contribution in [0.15, 0.2) is 24.3 Å². The molecule has 0 bridgehead atoms. The SMILES string of the molecule is C[C@H]1[C@H]2OC(C)(C)O[C@@H]2[C@H](C)P1c1sc2ccccc2c1P1[C@@H](C)[C@H]2OC(C)(C)O[C@@H]2[C@@H]1C. The molecule has 0 aliphatic carbocycles. The summed E-state index contributed by atoms with van der Waals surface area (Å²) in [6, 6.07) is 9.05. The largest absolute Gasteiger partial charge is 0.344 e. The van der Waals surface area contributed by atoms with Crippen LogP contribution in [-0.2, 0) is 18.9 Å². The third-order valence-electron chi connectivity index (χ3n) is 8.03. The van der Waals surface area contributed by atoms with Gasteiger partial charge in [-0.25, -0.2) is 0 Å².